The van der Waals surface area contributed by atoms with Gasteiger partial charge in [0.1, 0.15) is 10.3 Å². The van der Waals surface area contributed by atoms with Crippen LogP contribution >= 0.6 is 22.7 Å². The number of thiazole rings is 2. The number of fused-ring (bicyclic) bond motifs is 2. The fourth-order valence-electron chi connectivity index (χ4n) is 6.08. The van der Waals surface area contributed by atoms with Gasteiger partial charge in [-0.1, -0.05) is 56.4 Å². The first-order valence-electron chi connectivity index (χ1n) is 16.0. The van der Waals surface area contributed by atoms with Crippen molar-refractivity contribution in [2.24, 2.45) is 11.3 Å². The zero-order valence-corrected chi connectivity index (χ0v) is 28.7. The molecule has 1 saturated heterocycles. The number of nitrogens with zero attached hydrogens (tertiary/aromatic N) is 4. The summed E-state index contributed by atoms with van der Waals surface area (Å²) in [6.45, 7) is 9.58. The predicted molar refractivity (Wildman–Crippen MR) is 180 cm³/mol. The summed E-state index contributed by atoms with van der Waals surface area (Å²) in [7, 11) is 0. The summed E-state index contributed by atoms with van der Waals surface area (Å²) in [5.41, 5.74) is 7.58. The molecule has 0 unspecified atom stereocenters. The minimum Gasteiger partial charge on any atom is -0.475 e. The van der Waals surface area contributed by atoms with Gasteiger partial charge in [-0.3, -0.25) is 9.78 Å². The van der Waals surface area contributed by atoms with E-state index in [-0.39, 0.29) is 23.5 Å². The summed E-state index contributed by atoms with van der Waals surface area (Å²) in [5.74, 6) is -2.28. The van der Waals surface area contributed by atoms with E-state index in [4.69, 9.17) is 19.9 Å². The lowest BCUT2D eigenvalue weighted by Gasteiger charge is -2.34. The number of aliphatic hydroxyl groups is 1. The zero-order valence-electron chi connectivity index (χ0n) is 27.1. The van der Waals surface area contributed by atoms with Gasteiger partial charge in [0.2, 0.25) is 0 Å². The number of benzene rings is 1. The maximum absolute atomic E-state index is 13.6. The van der Waals surface area contributed by atoms with Crippen molar-refractivity contribution in [2.75, 3.05) is 19.6 Å². The molecule has 1 aliphatic heterocycles. The molecule has 1 amide bonds. The number of aliphatic hydroxyl groups excluding tert-OH is 1. The quantitative estimate of drug-likeness (QED) is 0.189. The van der Waals surface area contributed by atoms with Crippen molar-refractivity contribution in [3.05, 3.63) is 63.9 Å². The molecule has 2 atom stereocenters. The Morgan fingerprint density at radius 3 is 2.38 bits per heavy atom. The van der Waals surface area contributed by atoms with Crippen LogP contribution in [0, 0.1) is 11.3 Å². The number of rotatable bonds is 7. The Bertz CT molecular complexity index is 1700. The summed E-state index contributed by atoms with van der Waals surface area (Å²) < 4.78 is 31.7. The second-order valence-corrected chi connectivity index (χ2v) is 15.3. The molecular formula is C34H40F3N5O4S2. The number of piperidine rings is 1. The minimum atomic E-state index is -5.08. The fraction of sp³-hybridized carbons (Fsp3) is 0.500. The lowest BCUT2D eigenvalue weighted by Crippen LogP contribution is -2.38. The zero-order chi connectivity index (χ0) is 34.6. The highest BCUT2D eigenvalue weighted by molar-refractivity contribution is 7.19. The summed E-state index contributed by atoms with van der Waals surface area (Å²) >= 11 is 3.01. The Labute approximate surface area is 285 Å². The second kappa shape index (κ2) is 15.0. The van der Waals surface area contributed by atoms with Gasteiger partial charge < -0.3 is 20.4 Å². The third-order valence-electron chi connectivity index (χ3n) is 9.04. The third-order valence-corrected chi connectivity index (χ3v) is 10.8. The molecule has 0 radical (unpaired) electrons. The number of aryl methyl sites for hydroxylation is 1. The number of hydrogen-bond donors (Lipinski definition) is 3. The van der Waals surface area contributed by atoms with Gasteiger partial charge in [-0.05, 0) is 72.6 Å². The number of aromatic nitrogens is 3. The minimum absolute atomic E-state index is 0.148. The van der Waals surface area contributed by atoms with Crippen LogP contribution < -0.4 is 5.32 Å². The van der Waals surface area contributed by atoms with E-state index >= 15 is 0 Å². The van der Waals surface area contributed by atoms with E-state index in [9.17, 15) is 23.1 Å². The number of hydrogen-bond acceptors (Lipinski definition) is 9. The number of amides is 1. The Morgan fingerprint density at radius 1 is 1.08 bits per heavy atom. The molecule has 0 bridgehead atoms. The number of alkyl halides is 3. The first-order chi connectivity index (χ1) is 22.7. The third kappa shape index (κ3) is 9.16. The van der Waals surface area contributed by atoms with E-state index in [0.29, 0.717) is 10.9 Å². The Balaban J connectivity index is 0.000000582. The van der Waals surface area contributed by atoms with Crippen LogP contribution in [-0.2, 0) is 17.6 Å². The molecule has 258 valence electrons. The molecule has 4 heterocycles. The first-order valence-corrected chi connectivity index (χ1v) is 17.7. The van der Waals surface area contributed by atoms with Crippen LogP contribution in [0.3, 0.4) is 0 Å². The monoisotopic (exact) mass is 703 g/mol. The average molecular weight is 704 g/mol. The molecule has 0 saturated carbocycles. The van der Waals surface area contributed by atoms with Gasteiger partial charge >= 0.3 is 12.1 Å². The standard InChI is InChI=1S/C32H39N5O2S2.C2HF3O2/c1-32(2,3)23-8-9-25-22(16-23)17-27-30(35-25)41-31(36-27)29(39)34-26(12-15-37-13-10-24(38)11-14-37)20-4-6-21(7-5-20)28-18-33-19-40-28;3-2(4,5)1(6)7/h4-7,17-19,23-24,26,38H,8-16H2,1-3H3,(H,34,39);(H,6,7)/t23-,26+;/m0./s1. The van der Waals surface area contributed by atoms with Crippen LogP contribution in [0.5, 0.6) is 0 Å². The van der Waals surface area contributed by atoms with Gasteiger partial charge in [-0.25, -0.2) is 14.8 Å². The number of carboxylic acids is 1. The topological polar surface area (TPSA) is 129 Å². The van der Waals surface area contributed by atoms with Crippen molar-refractivity contribution in [3.8, 4) is 10.4 Å². The molecule has 1 aromatic carbocycles. The summed E-state index contributed by atoms with van der Waals surface area (Å²) in [6.07, 6.45) is 2.16. The highest BCUT2D eigenvalue weighted by Crippen LogP contribution is 2.38. The molecule has 1 aliphatic carbocycles. The van der Waals surface area contributed by atoms with Gasteiger partial charge in [0, 0.05) is 31.5 Å². The van der Waals surface area contributed by atoms with Crippen molar-refractivity contribution in [2.45, 2.75) is 77.6 Å². The van der Waals surface area contributed by atoms with Gasteiger partial charge in [-0.2, -0.15) is 13.2 Å². The normalized spacial score (nSPS) is 18.1. The average Bonchev–Trinajstić information content (AvgIpc) is 3.72. The molecule has 6 rings (SSSR count). The van der Waals surface area contributed by atoms with Crippen molar-refractivity contribution >= 4 is 44.9 Å². The number of carbonyl (C=O) groups is 2. The summed E-state index contributed by atoms with van der Waals surface area (Å²) in [4.78, 5) is 40.8. The first kappa shape index (κ1) is 35.8. The fourth-order valence-corrected chi connectivity index (χ4v) is 7.56. The maximum atomic E-state index is 13.6. The van der Waals surface area contributed by atoms with Crippen molar-refractivity contribution in [1.82, 2.24) is 25.2 Å². The highest BCUT2D eigenvalue weighted by atomic mass is 32.1. The summed E-state index contributed by atoms with van der Waals surface area (Å²) in [5, 5.41) is 20.8. The molecule has 9 nitrogen and oxygen atoms in total. The van der Waals surface area contributed by atoms with Crippen LogP contribution in [-0.4, -0.2) is 73.9 Å². The van der Waals surface area contributed by atoms with Crippen LogP contribution in [0.2, 0.25) is 0 Å². The van der Waals surface area contributed by atoms with Crippen LogP contribution in [0.1, 0.15) is 79.1 Å². The molecule has 0 spiro atoms. The molecule has 3 N–H and O–H groups in total. The number of nitrogens with one attached hydrogen (secondary N) is 1. The van der Waals surface area contributed by atoms with Crippen LogP contribution in [0.4, 0.5) is 13.2 Å². The molecule has 3 aromatic heterocycles. The lowest BCUT2D eigenvalue weighted by molar-refractivity contribution is -0.192. The van der Waals surface area contributed by atoms with Crippen molar-refractivity contribution in [3.63, 3.8) is 0 Å². The van der Waals surface area contributed by atoms with E-state index < -0.39 is 12.1 Å². The number of carboxylic acid groups (broad SMARTS) is 1. The van der Waals surface area contributed by atoms with E-state index in [0.717, 1.165) is 84.5 Å². The Hall–Kier alpha value is -3.46. The molecule has 4 aromatic rings. The number of pyridine rings is 1. The predicted octanol–water partition coefficient (Wildman–Crippen LogP) is 6.92. The molecular weight excluding hydrogens is 664 g/mol. The van der Waals surface area contributed by atoms with Gasteiger partial charge in [0.15, 0.2) is 5.01 Å². The lowest BCUT2D eigenvalue weighted by atomic mass is 9.71. The number of halogens is 3. The molecule has 2 aliphatic rings. The van der Waals surface area contributed by atoms with Crippen LogP contribution in [0.15, 0.2) is 42.0 Å². The SMILES string of the molecule is CC(C)(C)[C@H]1CCc2nc3sc(C(=O)N[C@H](CCN4CCC(O)CC4)c4ccc(-c5cncs5)cc4)nc3cc2C1.O=C(O)C(F)(F)F. The smallest absolute Gasteiger partial charge is 0.475 e. The largest absolute Gasteiger partial charge is 0.490 e. The molecule has 48 heavy (non-hydrogen) atoms. The number of aliphatic carboxylic acids is 1. The van der Waals surface area contributed by atoms with E-state index in [1.54, 1.807) is 11.3 Å². The number of carbonyl (C=O) groups excluding carboxylic acids is 1. The van der Waals surface area contributed by atoms with Gasteiger partial charge in [0.05, 0.1) is 22.5 Å². The summed E-state index contributed by atoms with van der Waals surface area (Å²) in [6, 6.07) is 10.5. The Morgan fingerprint density at radius 2 is 1.77 bits per heavy atom. The Kier molecular flexibility index (Phi) is 11.2. The van der Waals surface area contributed by atoms with Gasteiger partial charge in [-0.15, -0.1) is 11.3 Å². The van der Waals surface area contributed by atoms with E-state index in [1.165, 1.54) is 22.6 Å². The highest BCUT2D eigenvalue weighted by Gasteiger charge is 2.38. The van der Waals surface area contributed by atoms with E-state index in [1.807, 2.05) is 11.7 Å². The number of likely N-dealkylation sites (tertiary alicyclic amines) is 1. The van der Waals surface area contributed by atoms with E-state index in [2.05, 4.69) is 66.3 Å². The molecule has 14 heteroatoms. The van der Waals surface area contributed by atoms with Crippen molar-refractivity contribution < 1.29 is 33.0 Å². The van der Waals surface area contributed by atoms with Gasteiger partial charge in [0.25, 0.3) is 5.91 Å². The second-order valence-electron chi connectivity index (χ2n) is 13.4. The van der Waals surface area contributed by atoms with Crippen LogP contribution in [0.25, 0.3) is 20.8 Å². The maximum Gasteiger partial charge on any atom is 0.490 e. The molecule has 1 fully saturated rings. The van der Waals surface area contributed by atoms with Crippen molar-refractivity contribution in [1.29, 1.82) is 0 Å².